The Hall–Kier alpha value is -1.78. The van der Waals surface area contributed by atoms with Crippen LogP contribution in [0, 0.1) is 5.82 Å². The number of anilines is 2. The minimum absolute atomic E-state index is 0.0432. The lowest BCUT2D eigenvalue weighted by atomic mass is 10.1. The van der Waals surface area contributed by atoms with Crippen LogP contribution < -0.4 is 10.6 Å². The largest absolute Gasteiger partial charge is 0.478 e. The molecule has 1 aromatic carbocycles. The molecule has 0 saturated carbocycles. The van der Waals surface area contributed by atoms with Gasteiger partial charge in [-0.15, -0.1) is 0 Å². The zero-order chi connectivity index (χ0) is 15.3. The maximum Gasteiger partial charge on any atom is 0.337 e. The van der Waals surface area contributed by atoms with Crippen molar-refractivity contribution in [1.29, 1.82) is 0 Å². The molecule has 1 atom stereocenters. The zero-order valence-electron chi connectivity index (χ0n) is 12.3. The highest BCUT2D eigenvalue weighted by molar-refractivity contribution is 5.95. The number of carboxylic acids is 1. The van der Waals surface area contributed by atoms with Crippen molar-refractivity contribution in [3.8, 4) is 0 Å². The number of nitrogens with zero attached hydrogens (tertiary/aromatic N) is 1. The summed E-state index contributed by atoms with van der Waals surface area (Å²) in [5.41, 5.74) is 5.79. The highest BCUT2D eigenvalue weighted by atomic mass is 19.1. The Labute approximate surface area is 119 Å². The van der Waals surface area contributed by atoms with Crippen LogP contribution >= 0.6 is 0 Å². The second kappa shape index (κ2) is 7.12. The van der Waals surface area contributed by atoms with Crippen molar-refractivity contribution in [2.75, 3.05) is 17.2 Å². The first-order valence-corrected chi connectivity index (χ1v) is 7.01. The normalized spacial score (nSPS) is 12.2. The van der Waals surface area contributed by atoms with Gasteiger partial charge in [0.2, 0.25) is 0 Å². The topological polar surface area (TPSA) is 66.6 Å². The number of nitrogens with two attached hydrogens (primary N) is 1. The molecule has 3 N–H and O–H groups in total. The second-order valence-corrected chi connectivity index (χ2v) is 5.00. The van der Waals surface area contributed by atoms with Gasteiger partial charge in [-0.2, -0.15) is 0 Å². The number of carbonyl (C=O) groups is 1. The van der Waals surface area contributed by atoms with Crippen molar-refractivity contribution in [1.82, 2.24) is 0 Å². The van der Waals surface area contributed by atoms with E-state index < -0.39 is 11.8 Å². The molecule has 1 rings (SSSR count). The lowest BCUT2D eigenvalue weighted by Gasteiger charge is -2.31. The number of halogens is 1. The molecule has 5 heteroatoms. The Morgan fingerprint density at radius 3 is 2.60 bits per heavy atom. The molecule has 0 radical (unpaired) electrons. The van der Waals surface area contributed by atoms with Crippen LogP contribution in [-0.4, -0.2) is 23.7 Å². The monoisotopic (exact) mass is 282 g/mol. The van der Waals surface area contributed by atoms with Crippen molar-refractivity contribution >= 4 is 17.3 Å². The number of carboxylic acid groups (broad SMARTS) is 1. The predicted octanol–water partition coefficient (Wildman–Crippen LogP) is 3.51. The van der Waals surface area contributed by atoms with Crippen molar-refractivity contribution in [3.05, 3.63) is 23.5 Å². The molecule has 4 nitrogen and oxygen atoms in total. The van der Waals surface area contributed by atoms with Crippen LogP contribution in [0.2, 0.25) is 0 Å². The summed E-state index contributed by atoms with van der Waals surface area (Å²) >= 11 is 0. The fourth-order valence-electron chi connectivity index (χ4n) is 2.11. The molecule has 0 aliphatic carbocycles. The SMILES string of the molecule is CCCCN(c1cc(C(=O)O)c(N)cc1F)C(C)CC. The third-order valence-corrected chi connectivity index (χ3v) is 3.53. The first kappa shape index (κ1) is 16.3. The summed E-state index contributed by atoms with van der Waals surface area (Å²) in [4.78, 5) is 13.1. The van der Waals surface area contributed by atoms with Crippen molar-refractivity contribution in [2.24, 2.45) is 0 Å². The average Bonchev–Trinajstić information content (AvgIpc) is 2.40. The molecule has 1 unspecified atom stereocenters. The van der Waals surface area contributed by atoms with Gasteiger partial charge in [-0.3, -0.25) is 0 Å². The van der Waals surface area contributed by atoms with Crippen LogP contribution in [0.15, 0.2) is 12.1 Å². The van der Waals surface area contributed by atoms with Crippen LogP contribution in [0.25, 0.3) is 0 Å². The van der Waals surface area contributed by atoms with Crippen LogP contribution in [0.3, 0.4) is 0 Å². The molecule has 0 aromatic heterocycles. The molecule has 0 spiro atoms. The van der Waals surface area contributed by atoms with E-state index in [0.29, 0.717) is 12.2 Å². The highest BCUT2D eigenvalue weighted by Crippen LogP contribution is 2.28. The molecule has 0 heterocycles. The molecular weight excluding hydrogens is 259 g/mol. The Morgan fingerprint density at radius 1 is 1.45 bits per heavy atom. The van der Waals surface area contributed by atoms with Gasteiger partial charge in [0.25, 0.3) is 0 Å². The minimum Gasteiger partial charge on any atom is -0.478 e. The van der Waals surface area contributed by atoms with Gasteiger partial charge < -0.3 is 15.7 Å². The summed E-state index contributed by atoms with van der Waals surface area (Å²) in [6.07, 6.45) is 2.78. The standard InChI is InChI=1S/C15H23FN2O2/c1-4-6-7-18(10(3)5-2)14-8-11(15(19)20)13(17)9-12(14)16/h8-10H,4-7,17H2,1-3H3,(H,19,20). The number of benzene rings is 1. The zero-order valence-corrected chi connectivity index (χ0v) is 12.3. The maximum absolute atomic E-state index is 14.2. The molecule has 0 fully saturated rings. The summed E-state index contributed by atoms with van der Waals surface area (Å²) in [5, 5.41) is 9.11. The molecule has 1 aromatic rings. The fraction of sp³-hybridized carbons (Fsp3) is 0.533. The van der Waals surface area contributed by atoms with Crippen molar-refractivity contribution < 1.29 is 14.3 Å². The van der Waals surface area contributed by atoms with Gasteiger partial charge >= 0.3 is 5.97 Å². The van der Waals surface area contributed by atoms with Gasteiger partial charge in [0.15, 0.2) is 0 Å². The molecule has 112 valence electrons. The van der Waals surface area contributed by atoms with E-state index in [1.54, 1.807) is 0 Å². The van der Waals surface area contributed by atoms with E-state index in [1.807, 2.05) is 18.7 Å². The minimum atomic E-state index is -1.14. The van der Waals surface area contributed by atoms with Crippen LogP contribution in [-0.2, 0) is 0 Å². The summed E-state index contributed by atoms with van der Waals surface area (Å²) in [6.45, 7) is 6.80. The summed E-state index contributed by atoms with van der Waals surface area (Å²) in [5.74, 6) is -1.60. The van der Waals surface area contributed by atoms with E-state index in [9.17, 15) is 9.18 Å². The Kier molecular flexibility index (Phi) is 5.80. The highest BCUT2D eigenvalue weighted by Gasteiger charge is 2.20. The number of nitrogen functional groups attached to an aromatic ring is 1. The number of aromatic carboxylic acids is 1. The van der Waals surface area contributed by atoms with Gasteiger partial charge in [-0.25, -0.2) is 9.18 Å². The maximum atomic E-state index is 14.2. The first-order valence-electron chi connectivity index (χ1n) is 7.01. The van der Waals surface area contributed by atoms with E-state index in [1.165, 1.54) is 6.07 Å². The molecule has 0 amide bonds. The second-order valence-electron chi connectivity index (χ2n) is 5.00. The molecular formula is C15H23FN2O2. The lowest BCUT2D eigenvalue weighted by Crippen LogP contribution is -2.34. The van der Waals surface area contributed by atoms with E-state index in [-0.39, 0.29) is 17.3 Å². The molecule has 0 aliphatic heterocycles. The Bertz CT molecular complexity index is 477. The Balaban J connectivity index is 3.24. The van der Waals surface area contributed by atoms with Crippen LogP contribution in [0.5, 0.6) is 0 Å². The smallest absolute Gasteiger partial charge is 0.337 e. The number of hydrogen-bond acceptors (Lipinski definition) is 3. The van der Waals surface area contributed by atoms with Gasteiger partial charge in [0.05, 0.1) is 11.3 Å². The van der Waals surface area contributed by atoms with Gasteiger partial charge in [0.1, 0.15) is 5.82 Å². The van der Waals surface area contributed by atoms with Crippen LogP contribution in [0.4, 0.5) is 15.8 Å². The van der Waals surface area contributed by atoms with Gasteiger partial charge in [-0.05, 0) is 31.9 Å². The molecule has 0 aliphatic rings. The number of rotatable bonds is 7. The van der Waals surface area contributed by atoms with E-state index in [0.717, 1.165) is 25.3 Å². The fourth-order valence-corrected chi connectivity index (χ4v) is 2.11. The quantitative estimate of drug-likeness (QED) is 0.751. The summed E-state index contributed by atoms with van der Waals surface area (Å²) in [7, 11) is 0. The molecule has 0 bridgehead atoms. The van der Waals surface area contributed by atoms with E-state index >= 15 is 0 Å². The van der Waals surface area contributed by atoms with E-state index in [2.05, 4.69) is 6.92 Å². The average molecular weight is 282 g/mol. The van der Waals surface area contributed by atoms with Crippen molar-refractivity contribution in [3.63, 3.8) is 0 Å². The summed E-state index contributed by atoms with van der Waals surface area (Å²) in [6, 6.07) is 2.58. The molecule has 0 saturated heterocycles. The third kappa shape index (κ3) is 3.62. The van der Waals surface area contributed by atoms with Crippen molar-refractivity contribution in [2.45, 2.75) is 46.1 Å². The number of hydrogen-bond donors (Lipinski definition) is 2. The first-order chi connectivity index (χ1) is 9.42. The molecule has 20 heavy (non-hydrogen) atoms. The predicted molar refractivity (Wildman–Crippen MR) is 79.8 cm³/mol. The van der Waals surface area contributed by atoms with Crippen LogP contribution in [0.1, 0.15) is 50.4 Å². The summed E-state index contributed by atoms with van der Waals surface area (Å²) < 4.78 is 14.2. The Morgan fingerprint density at radius 2 is 2.10 bits per heavy atom. The lowest BCUT2D eigenvalue weighted by molar-refractivity contribution is 0.0698. The van der Waals surface area contributed by atoms with Gasteiger partial charge in [0, 0.05) is 18.3 Å². The van der Waals surface area contributed by atoms with Gasteiger partial charge in [-0.1, -0.05) is 20.3 Å². The third-order valence-electron chi connectivity index (χ3n) is 3.53. The number of unbranched alkanes of at least 4 members (excludes halogenated alkanes) is 1. The van der Waals surface area contributed by atoms with E-state index in [4.69, 9.17) is 10.8 Å².